The highest BCUT2D eigenvalue weighted by Gasteiger charge is 2.06. The first kappa shape index (κ1) is 5.45. The quantitative estimate of drug-likeness (QED) is 0.471. The second kappa shape index (κ2) is 2.58. The van der Waals surface area contributed by atoms with Crippen LogP contribution in [0.15, 0.2) is 0 Å². The van der Waals surface area contributed by atoms with Crippen LogP contribution in [0.25, 0.3) is 0 Å². The van der Waals surface area contributed by atoms with E-state index in [2.05, 4.69) is 6.92 Å². The van der Waals surface area contributed by atoms with Crippen molar-refractivity contribution in [2.24, 2.45) is 0 Å². The summed E-state index contributed by atoms with van der Waals surface area (Å²) in [5, 5.41) is 0.730. The molecule has 0 N–H and O–H groups in total. The van der Waals surface area contributed by atoms with Crippen LogP contribution in [-0.4, -0.2) is 24.2 Å². The third-order valence-corrected chi connectivity index (χ3v) is 2.09. The predicted octanol–water partition coefficient (Wildman–Crippen LogP) is 1.14. The highest BCUT2D eigenvalue weighted by molar-refractivity contribution is 7.99. The van der Waals surface area contributed by atoms with Crippen molar-refractivity contribution in [3.05, 3.63) is 0 Å². The van der Waals surface area contributed by atoms with E-state index in [0.29, 0.717) is 0 Å². The number of hydrogen-bond donors (Lipinski definition) is 0. The van der Waals surface area contributed by atoms with E-state index in [0.717, 1.165) is 18.5 Å². The van der Waals surface area contributed by atoms with Crippen LogP contribution in [0, 0.1) is 0 Å². The van der Waals surface area contributed by atoms with Gasteiger partial charge in [-0.15, -0.1) is 0 Å². The molecule has 0 aromatic rings. The van der Waals surface area contributed by atoms with E-state index in [-0.39, 0.29) is 0 Å². The van der Waals surface area contributed by atoms with Crippen molar-refractivity contribution < 1.29 is 4.74 Å². The van der Waals surface area contributed by atoms with Gasteiger partial charge in [-0.1, -0.05) is 6.92 Å². The number of ether oxygens (including phenoxy) is 1. The van der Waals surface area contributed by atoms with Gasteiger partial charge in [0.05, 0.1) is 13.2 Å². The Kier molecular flexibility index (Phi) is 2.00. The van der Waals surface area contributed by atoms with E-state index < -0.39 is 0 Å². The van der Waals surface area contributed by atoms with Crippen LogP contribution in [0.1, 0.15) is 6.92 Å². The van der Waals surface area contributed by atoms with Gasteiger partial charge in [-0.25, -0.2) is 0 Å². The molecule has 0 saturated carbocycles. The fraction of sp³-hybridized carbons (Fsp3) is 1.00. The first-order valence-corrected chi connectivity index (χ1v) is 3.64. The monoisotopic (exact) mass is 118 g/mol. The standard InChI is InChI=1S/C5H10OS/c1-5-4-6-2-3-7-5/h5H,2-4H2,1H3. The summed E-state index contributed by atoms with van der Waals surface area (Å²) in [6.45, 7) is 4.10. The minimum Gasteiger partial charge on any atom is -0.379 e. The molecule has 0 radical (unpaired) electrons. The van der Waals surface area contributed by atoms with Crippen molar-refractivity contribution in [1.82, 2.24) is 0 Å². The molecule has 42 valence electrons. The lowest BCUT2D eigenvalue weighted by atomic mass is 10.5. The van der Waals surface area contributed by atoms with Gasteiger partial charge < -0.3 is 4.74 Å². The fourth-order valence-corrected chi connectivity index (χ4v) is 1.41. The normalized spacial score (nSPS) is 33.0. The number of thioether (sulfide) groups is 1. The molecule has 0 bridgehead atoms. The lowest BCUT2D eigenvalue weighted by Crippen LogP contribution is -2.16. The molecule has 0 spiro atoms. The van der Waals surface area contributed by atoms with Crippen LogP contribution in [0.5, 0.6) is 0 Å². The molecule has 1 saturated heterocycles. The Labute approximate surface area is 48.4 Å². The van der Waals surface area contributed by atoms with E-state index >= 15 is 0 Å². The zero-order chi connectivity index (χ0) is 5.11. The molecule has 7 heavy (non-hydrogen) atoms. The first-order chi connectivity index (χ1) is 3.39. The maximum atomic E-state index is 5.16. The van der Waals surface area contributed by atoms with Crippen molar-refractivity contribution in [3.8, 4) is 0 Å². The van der Waals surface area contributed by atoms with Crippen LogP contribution >= 0.6 is 11.8 Å². The summed E-state index contributed by atoms with van der Waals surface area (Å²) in [6, 6.07) is 0. The van der Waals surface area contributed by atoms with Crippen molar-refractivity contribution in [2.75, 3.05) is 19.0 Å². The average molecular weight is 118 g/mol. The molecule has 1 rings (SSSR count). The molecular weight excluding hydrogens is 108 g/mol. The molecule has 1 unspecified atom stereocenters. The minimum absolute atomic E-state index is 0.730. The lowest BCUT2D eigenvalue weighted by molar-refractivity contribution is 0.146. The van der Waals surface area contributed by atoms with Crippen LogP contribution in [0.2, 0.25) is 0 Å². The van der Waals surface area contributed by atoms with Gasteiger partial charge >= 0.3 is 0 Å². The molecule has 0 aromatic heterocycles. The minimum atomic E-state index is 0.730. The highest BCUT2D eigenvalue weighted by atomic mass is 32.2. The van der Waals surface area contributed by atoms with E-state index in [4.69, 9.17) is 4.74 Å². The summed E-state index contributed by atoms with van der Waals surface area (Å²) < 4.78 is 5.16. The Morgan fingerprint density at radius 3 is 2.86 bits per heavy atom. The first-order valence-electron chi connectivity index (χ1n) is 2.59. The van der Waals surface area contributed by atoms with Gasteiger partial charge in [-0.3, -0.25) is 0 Å². The van der Waals surface area contributed by atoms with E-state index in [1.165, 1.54) is 5.75 Å². The zero-order valence-corrected chi connectivity index (χ0v) is 5.33. The summed E-state index contributed by atoms with van der Waals surface area (Å²) >= 11 is 1.99. The van der Waals surface area contributed by atoms with Gasteiger partial charge in [0.2, 0.25) is 0 Å². The molecule has 1 nitrogen and oxygen atoms in total. The number of hydrogen-bond acceptors (Lipinski definition) is 2. The molecule has 1 aliphatic heterocycles. The summed E-state index contributed by atoms with van der Waals surface area (Å²) in [5.41, 5.74) is 0. The molecule has 2 heteroatoms. The van der Waals surface area contributed by atoms with Gasteiger partial charge in [0.1, 0.15) is 0 Å². The van der Waals surface area contributed by atoms with Crippen LogP contribution in [0.4, 0.5) is 0 Å². The van der Waals surface area contributed by atoms with Gasteiger partial charge in [0, 0.05) is 11.0 Å². The fourth-order valence-electron chi connectivity index (χ4n) is 0.606. The van der Waals surface area contributed by atoms with Crippen LogP contribution in [-0.2, 0) is 4.74 Å². The van der Waals surface area contributed by atoms with Gasteiger partial charge in [-0.2, -0.15) is 11.8 Å². The molecule has 1 heterocycles. The largest absolute Gasteiger partial charge is 0.379 e. The Balaban J connectivity index is 2.12. The van der Waals surface area contributed by atoms with Crippen LogP contribution in [0.3, 0.4) is 0 Å². The van der Waals surface area contributed by atoms with Crippen molar-refractivity contribution in [2.45, 2.75) is 12.2 Å². The summed E-state index contributed by atoms with van der Waals surface area (Å²) in [4.78, 5) is 0. The van der Waals surface area contributed by atoms with Gasteiger partial charge in [0.25, 0.3) is 0 Å². The smallest absolute Gasteiger partial charge is 0.0582 e. The molecule has 0 aromatic carbocycles. The zero-order valence-electron chi connectivity index (χ0n) is 4.52. The Hall–Kier alpha value is 0.310. The van der Waals surface area contributed by atoms with Crippen LogP contribution < -0.4 is 0 Å². The lowest BCUT2D eigenvalue weighted by Gasteiger charge is -2.16. The van der Waals surface area contributed by atoms with Gasteiger partial charge in [-0.05, 0) is 0 Å². The predicted molar refractivity (Wildman–Crippen MR) is 32.7 cm³/mol. The maximum Gasteiger partial charge on any atom is 0.0582 e. The molecule has 0 aliphatic carbocycles. The Morgan fingerprint density at radius 1 is 1.71 bits per heavy atom. The third-order valence-electron chi connectivity index (χ3n) is 0.983. The molecule has 1 fully saturated rings. The Morgan fingerprint density at radius 2 is 2.57 bits per heavy atom. The van der Waals surface area contributed by atoms with E-state index in [1.54, 1.807) is 0 Å². The van der Waals surface area contributed by atoms with E-state index in [1.807, 2.05) is 11.8 Å². The van der Waals surface area contributed by atoms with Gasteiger partial charge in [0.15, 0.2) is 0 Å². The second-order valence-electron chi connectivity index (χ2n) is 1.76. The van der Waals surface area contributed by atoms with Crippen molar-refractivity contribution >= 4 is 11.8 Å². The van der Waals surface area contributed by atoms with Crippen molar-refractivity contribution in [3.63, 3.8) is 0 Å². The van der Waals surface area contributed by atoms with E-state index in [9.17, 15) is 0 Å². The summed E-state index contributed by atoms with van der Waals surface area (Å²) in [5.74, 6) is 1.18. The summed E-state index contributed by atoms with van der Waals surface area (Å²) in [6.07, 6.45) is 0. The second-order valence-corrected chi connectivity index (χ2v) is 3.30. The third kappa shape index (κ3) is 1.70. The number of rotatable bonds is 0. The molecule has 0 amide bonds. The topological polar surface area (TPSA) is 9.23 Å². The SMILES string of the molecule is CC1COCCS1. The molecular formula is C5H10OS. The van der Waals surface area contributed by atoms with Crippen molar-refractivity contribution in [1.29, 1.82) is 0 Å². The molecule has 1 atom stereocenters. The molecule has 1 aliphatic rings. The highest BCUT2D eigenvalue weighted by Crippen LogP contribution is 2.14. The average Bonchev–Trinajstić information content (AvgIpc) is 1.69. The Bertz CT molecular complexity index is 50.0. The summed E-state index contributed by atoms with van der Waals surface area (Å²) in [7, 11) is 0. The maximum absolute atomic E-state index is 5.16.